The molecule has 0 aromatic heterocycles. The maximum atomic E-state index is 10.9. The molecule has 0 bridgehead atoms. The topological polar surface area (TPSA) is 0 Å². The van der Waals surface area contributed by atoms with Gasteiger partial charge in [-0.2, -0.15) is 26.3 Å². The number of hydrogen-bond acceptors (Lipinski definition) is 0. The fourth-order valence-electron chi connectivity index (χ4n) is 0.246. The summed E-state index contributed by atoms with van der Waals surface area (Å²) >= 11 is 4.59. The van der Waals surface area contributed by atoms with Gasteiger partial charge in [-0.1, -0.05) is 11.6 Å². The predicted molar refractivity (Wildman–Crippen MR) is 37.7 cm³/mol. The van der Waals surface area contributed by atoms with Gasteiger partial charge in [-0.05, 0) is 0 Å². The second-order valence-electron chi connectivity index (χ2n) is 2.04. The number of halogens is 9. The van der Waals surface area contributed by atoms with E-state index in [1.807, 2.05) is 0 Å². The van der Waals surface area contributed by atoms with Crippen molar-refractivity contribution in [1.82, 2.24) is 0 Å². The Labute approximate surface area is 84.5 Å². The molecule has 0 aromatic carbocycles. The third kappa shape index (κ3) is 24.7. The summed E-state index contributed by atoms with van der Waals surface area (Å²) in [6.45, 7) is 0. The van der Waals surface area contributed by atoms with Gasteiger partial charge in [-0.3, -0.25) is 0 Å². The van der Waals surface area contributed by atoms with E-state index in [0.29, 0.717) is 5.54 Å². The van der Waals surface area contributed by atoms with Gasteiger partial charge in [0.25, 0.3) is 0 Å². The molecule has 0 fully saturated rings. The van der Waals surface area contributed by atoms with Crippen LogP contribution in [0, 0.1) is 0 Å². The van der Waals surface area contributed by atoms with Gasteiger partial charge in [0.2, 0.25) is 6.43 Å². The fourth-order valence-corrected chi connectivity index (χ4v) is 0.389. The van der Waals surface area contributed by atoms with Crippen molar-refractivity contribution in [2.24, 2.45) is 0 Å². The summed E-state index contributed by atoms with van der Waals surface area (Å²) < 4.78 is 86.8. The molecule has 0 aromatic rings. The first-order valence-electron chi connectivity index (χ1n) is 3.17. The van der Waals surface area contributed by atoms with E-state index in [4.69, 9.17) is 0 Å². The highest BCUT2D eigenvalue weighted by atomic mass is 35.5. The number of allylic oxidation sites excluding steroid dienone is 1. The first-order chi connectivity index (χ1) is 6.48. The molecule has 0 amide bonds. The Hall–Kier alpha value is -0.530. The summed E-state index contributed by atoms with van der Waals surface area (Å²) in [5.74, 6) is 0. The van der Waals surface area contributed by atoms with E-state index in [-0.39, 0.29) is 6.08 Å². The van der Waals surface area contributed by atoms with Crippen LogP contribution in [-0.2, 0) is 0 Å². The van der Waals surface area contributed by atoms with Crippen molar-refractivity contribution in [2.75, 3.05) is 0 Å². The Morgan fingerprint density at radius 2 is 1.40 bits per heavy atom. The van der Waals surface area contributed by atoms with Crippen LogP contribution in [0.1, 0.15) is 6.42 Å². The highest BCUT2D eigenvalue weighted by molar-refractivity contribution is 6.25. The second kappa shape index (κ2) is 6.86. The first kappa shape index (κ1) is 16.9. The molecule has 0 saturated carbocycles. The van der Waals surface area contributed by atoms with Crippen LogP contribution in [0.25, 0.3) is 0 Å². The van der Waals surface area contributed by atoms with Gasteiger partial charge in [-0.25, -0.2) is 8.78 Å². The lowest BCUT2D eigenvalue weighted by Gasteiger charge is -2.02. The third-order valence-electron chi connectivity index (χ3n) is 0.638. The number of hydrogen-bond donors (Lipinski definition) is 0. The van der Waals surface area contributed by atoms with Crippen LogP contribution >= 0.6 is 11.6 Å². The fraction of sp³-hybridized carbons (Fsp3) is 0.667. The van der Waals surface area contributed by atoms with Crippen LogP contribution in [0.3, 0.4) is 0 Å². The molecule has 0 rings (SSSR count). The summed E-state index contributed by atoms with van der Waals surface area (Å²) in [6.07, 6.45) is -14.3. The molecule has 0 radical (unpaired) electrons. The summed E-state index contributed by atoms with van der Waals surface area (Å²) in [7, 11) is 0. The smallest absolute Gasteiger partial charge is 0.210 e. The quantitative estimate of drug-likeness (QED) is 0.612. The predicted octanol–water partition coefficient (Wildman–Crippen LogP) is 4.51. The molecule has 0 saturated heterocycles. The minimum absolute atomic E-state index is 0.0471. The largest absolute Gasteiger partial charge is 0.410 e. The molecule has 0 spiro atoms. The summed E-state index contributed by atoms with van der Waals surface area (Å²) in [5.41, 5.74) is 0.431. The molecule has 0 atom stereocenters. The molecule has 15 heavy (non-hydrogen) atoms. The standard InChI is InChI=1S/C3H2ClF3.C3H3F5/c4-2-1-3(5,6)7;4-2(5)1-3(6,7)8/h1-2H;2H,1H2. The van der Waals surface area contributed by atoms with Crippen molar-refractivity contribution in [1.29, 1.82) is 0 Å². The Bertz CT molecular complexity index is 179. The third-order valence-corrected chi connectivity index (χ3v) is 0.764. The van der Waals surface area contributed by atoms with E-state index in [0.717, 1.165) is 0 Å². The molecule has 0 heterocycles. The summed E-state index contributed by atoms with van der Waals surface area (Å²) in [6, 6.07) is 0. The van der Waals surface area contributed by atoms with E-state index in [1.165, 1.54) is 0 Å². The van der Waals surface area contributed by atoms with Crippen LogP contribution < -0.4 is 0 Å². The van der Waals surface area contributed by atoms with Gasteiger partial charge < -0.3 is 0 Å². The Morgan fingerprint density at radius 3 is 1.40 bits per heavy atom. The average Bonchev–Trinajstić information content (AvgIpc) is 1.77. The summed E-state index contributed by atoms with van der Waals surface area (Å²) in [4.78, 5) is 0. The highest BCUT2D eigenvalue weighted by Crippen LogP contribution is 2.23. The number of alkyl halides is 8. The van der Waals surface area contributed by atoms with Crippen LogP contribution in [0.15, 0.2) is 11.6 Å². The SMILES string of the molecule is FC(F)(F)C=CCl.FC(F)CC(F)(F)F. The van der Waals surface area contributed by atoms with Crippen LogP contribution in [-0.4, -0.2) is 18.8 Å². The lowest BCUT2D eigenvalue weighted by Crippen LogP contribution is -2.12. The van der Waals surface area contributed by atoms with Crippen LogP contribution in [0.5, 0.6) is 0 Å². The van der Waals surface area contributed by atoms with Crippen molar-refractivity contribution in [2.45, 2.75) is 25.2 Å². The van der Waals surface area contributed by atoms with Gasteiger partial charge in [0.1, 0.15) is 6.42 Å². The Kier molecular flexibility index (Phi) is 7.72. The molecule has 9 heteroatoms. The monoisotopic (exact) mass is 264 g/mol. The first-order valence-corrected chi connectivity index (χ1v) is 3.61. The lowest BCUT2D eigenvalue weighted by molar-refractivity contribution is -0.158. The minimum Gasteiger partial charge on any atom is -0.210 e. The van der Waals surface area contributed by atoms with Crippen LogP contribution in [0.4, 0.5) is 35.1 Å². The summed E-state index contributed by atoms with van der Waals surface area (Å²) in [5, 5.41) is 0. The minimum atomic E-state index is -4.73. The van der Waals surface area contributed by atoms with Crippen molar-refractivity contribution in [3.8, 4) is 0 Å². The van der Waals surface area contributed by atoms with E-state index >= 15 is 0 Å². The molecule has 92 valence electrons. The van der Waals surface area contributed by atoms with E-state index in [1.54, 1.807) is 0 Å². The molecule has 0 aliphatic carbocycles. The zero-order valence-corrected chi connectivity index (χ0v) is 7.60. The zero-order valence-electron chi connectivity index (χ0n) is 6.84. The molecule has 0 N–H and O–H groups in total. The van der Waals surface area contributed by atoms with Crippen molar-refractivity contribution >= 4 is 11.6 Å². The van der Waals surface area contributed by atoms with Gasteiger partial charge >= 0.3 is 12.4 Å². The molecule has 0 unspecified atom stereocenters. The molecule has 0 aliphatic heterocycles. The molecular formula is C6H5ClF8. The maximum absolute atomic E-state index is 10.9. The van der Waals surface area contributed by atoms with Gasteiger partial charge in [-0.15, -0.1) is 0 Å². The van der Waals surface area contributed by atoms with Gasteiger partial charge in [0.05, 0.1) is 0 Å². The van der Waals surface area contributed by atoms with Crippen molar-refractivity contribution in [3.63, 3.8) is 0 Å². The molecule has 0 nitrogen and oxygen atoms in total. The van der Waals surface area contributed by atoms with Gasteiger partial charge in [0.15, 0.2) is 0 Å². The zero-order chi connectivity index (χ0) is 12.7. The number of rotatable bonds is 1. The lowest BCUT2D eigenvalue weighted by atomic mass is 10.4. The van der Waals surface area contributed by atoms with Crippen molar-refractivity contribution in [3.05, 3.63) is 11.6 Å². The average molecular weight is 265 g/mol. The molecular weight excluding hydrogens is 260 g/mol. The van der Waals surface area contributed by atoms with E-state index < -0.39 is 25.2 Å². The van der Waals surface area contributed by atoms with E-state index in [9.17, 15) is 35.1 Å². The van der Waals surface area contributed by atoms with Crippen LogP contribution in [0.2, 0.25) is 0 Å². The maximum Gasteiger partial charge on any atom is 0.410 e. The van der Waals surface area contributed by atoms with Gasteiger partial charge in [0, 0.05) is 11.6 Å². The Morgan fingerprint density at radius 1 is 1.00 bits per heavy atom. The Balaban J connectivity index is 0. The van der Waals surface area contributed by atoms with E-state index in [2.05, 4.69) is 11.6 Å². The molecule has 0 aliphatic rings. The van der Waals surface area contributed by atoms with Crippen molar-refractivity contribution < 1.29 is 35.1 Å². The highest BCUT2D eigenvalue weighted by Gasteiger charge is 2.31. The second-order valence-corrected chi connectivity index (χ2v) is 2.30. The normalized spacial score (nSPS) is 12.9.